The summed E-state index contributed by atoms with van der Waals surface area (Å²) >= 11 is 0. The molecule has 0 aromatic heterocycles. The van der Waals surface area contributed by atoms with E-state index in [1.54, 1.807) is 0 Å². The summed E-state index contributed by atoms with van der Waals surface area (Å²) in [6.45, 7) is 0. The van der Waals surface area contributed by atoms with Gasteiger partial charge in [-0.05, 0) is 0 Å². The fourth-order valence-electron chi connectivity index (χ4n) is 0. The van der Waals surface area contributed by atoms with E-state index in [-0.39, 0.29) is 36.8 Å². The van der Waals surface area contributed by atoms with Crippen LogP contribution in [0.2, 0.25) is 0 Å². The van der Waals surface area contributed by atoms with E-state index in [0.29, 0.717) is 0 Å². The maximum Gasteiger partial charge on any atom is 4.00 e. The molecular formula is HHfNO2Si. The van der Waals surface area contributed by atoms with E-state index in [9.17, 15) is 0 Å². The normalized spacial score (nSPS) is 0.400. The SMILES string of the molecule is N#[SiH].[Hf+4].[O-2].[O-2]. The van der Waals surface area contributed by atoms with Crippen molar-refractivity contribution in [3.05, 3.63) is 0 Å². The molecule has 3 nitrogen and oxygen atoms in total. The standard InChI is InChI=1S/Hf.HNSi.2O/c;1-2;;/h;2H;;/q+4;;2*-2. The van der Waals surface area contributed by atoms with Crippen molar-refractivity contribution in [2.24, 2.45) is 0 Å². The van der Waals surface area contributed by atoms with Gasteiger partial charge in [-0.3, -0.25) is 4.89 Å². The van der Waals surface area contributed by atoms with E-state index in [0.717, 1.165) is 0 Å². The van der Waals surface area contributed by atoms with Crippen LogP contribution < -0.4 is 0 Å². The smallest absolute Gasteiger partial charge is 2.00 e. The van der Waals surface area contributed by atoms with E-state index in [4.69, 9.17) is 4.89 Å². The van der Waals surface area contributed by atoms with Crippen molar-refractivity contribution in [2.75, 3.05) is 0 Å². The van der Waals surface area contributed by atoms with E-state index >= 15 is 0 Å². The Morgan fingerprint density at radius 1 is 1.00 bits per heavy atom. The Balaban J connectivity index is -0.00000000167. The van der Waals surface area contributed by atoms with E-state index in [2.05, 4.69) is 0 Å². The third kappa shape index (κ3) is 67.7. The van der Waals surface area contributed by atoms with Crippen molar-refractivity contribution in [3.63, 3.8) is 0 Å². The minimum Gasteiger partial charge on any atom is -2.00 e. The molecule has 0 aliphatic rings. The molecular weight excluding hydrogens is 253 g/mol. The van der Waals surface area contributed by atoms with Crippen molar-refractivity contribution < 1.29 is 36.8 Å². The zero-order valence-corrected chi connectivity index (χ0v) is 7.09. The molecule has 0 N–H and O–H groups in total. The summed E-state index contributed by atoms with van der Waals surface area (Å²) in [7, 11) is 1.42. The number of nitrogens with zero attached hydrogens (tertiary/aromatic N) is 1. The molecule has 0 radical (unpaired) electrons. The molecule has 0 aliphatic heterocycles. The molecule has 26 valence electrons. The zero-order valence-electron chi connectivity index (χ0n) is 2.34. The van der Waals surface area contributed by atoms with Crippen LogP contribution >= 0.6 is 0 Å². The fourth-order valence-corrected chi connectivity index (χ4v) is 0. The van der Waals surface area contributed by atoms with Crippen LogP contribution in [-0.2, 0) is 36.8 Å². The summed E-state index contributed by atoms with van der Waals surface area (Å²) < 4.78 is 0. The number of hydrogen-bond acceptors (Lipinski definition) is 1. The summed E-state index contributed by atoms with van der Waals surface area (Å²) in [5.74, 6) is 0. The van der Waals surface area contributed by atoms with Crippen LogP contribution in [0.4, 0.5) is 0 Å². The molecule has 0 saturated heterocycles. The average Bonchev–Trinajstić information content (AvgIpc) is 1.00. The first-order valence-electron chi connectivity index (χ1n) is 0.258. The van der Waals surface area contributed by atoms with Gasteiger partial charge in [0.25, 0.3) is 0 Å². The van der Waals surface area contributed by atoms with Crippen LogP contribution in [0.15, 0.2) is 0 Å². The Hall–Kier alpha value is 0.717. The van der Waals surface area contributed by atoms with E-state index in [1.807, 2.05) is 0 Å². The van der Waals surface area contributed by atoms with Gasteiger partial charge < -0.3 is 11.0 Å². The molecule has 0 atom stereocenters. The Morgan fingerprint density at radius 3 is 1.00 bits per heavy atom. The third-order valence-corrected chi connectivity index (χ3v) is 0. The van der Waals surface area contributed by atoms with Gasteiger partial charge in [-0.2, -0.15) is 0 Å². The van der Waals surface area contributed by atoms with E-state index < -0.39 is 0 Å². The molecule has 0 fully saturated rings. The fraction of sp³-hybridized carbons (Fsp3) is 0. The second kappa shape index (κ2) is 127. The quantitative estimate of drug-likeness (QED) is 0.517. The minimum atomic E-state index is 0. The Morgan fingerprint density at radius 2 is 1.00 bits per heavy atom. The maximum absolute atomic E-state index is 6.92. The van der Waals surface area contributed by atoms with Crippen LogP contribution in [0.5, 0.6) is 0 Å². The molecule has 0 aromatic rings. The molecule has 0 spiro atoms. The number of rotatable bonds is 0. The molecule has 0 amide bonds. The molecule has 0 rings (SSSR count). The zero-order chi connectivity index (χ0) is 2.00. The molecule has 0 saturated carbocycles. The van der Waals surface area contributed by atoms with Gasteiger partial charge in [-0.15, -0.1) is 0 Å². The molecule has 5 heavy (non-hydrogen) atoms. The van der Waals surface area contributed by atoms with Gasteiger partial charge in [0.1, 0.15) is 0 Å². The van der Waals surface area contributed by atoms with E-state index in [1.165, 1.54) is 9.88 Å². The summed E-state index contributed by atoms with van der Waals surface area (Å²) in [5, 5.41) is 0. The van der Waals surface area contributed by atoms with Gasteiger partial charge >= 0.3 is 25.8 Å². The molecule has 0 unspecified atom stereocenters. The predicted octanol–water partition coefficient (Wildman–Crippen LogP) is -0.874. The summed E-state index contributed by atoms with van der Waals surface area (Å²) in [6.07, 6.45) is 0. The molecule has 0 heterocycles. The average molecular weight is 254 g/mol. The van der Waals surface area contributed by atoms with Crippen LogP contribution in [0.3, 0.4) is 0 Å². The second-order valence-electron chi connectivity index (χ2n) is 0. The first kappa shape index (κ1) is 43.1. The van der Waals surface area contributed by atoms with Crippen LogP contribution in [0, 0.1) is 4.89 Å². The molecule has 0 aliphatic carbocycles. The van der Waals surface area contributed by atoms with Crippen molar-refractivity contribution in [2.45, 2.75) is 0 Å². The Bertz CT molecular complexity index is 14.4. The summed E-state index contributed by atoms with van der Waals surface area (Å²) in [6, 6.07) is 0. The summed E-state index contributed by atoms with van der Waals surface area (Å²) in [5.41, 5.74) is 0. The van der Waals surface area contributed by atoms with Gasteiger partial charge in [0, 0.05) is 0 Å². The minimum absolute atomic E-state index is 0. The van der Waals surface area contributed by atoms with Crippen molar-refractivity contribution >= 4 is 9.88 Å². The van der Waals surface area contributed by atoms with Crippen molar-refractivity contribution in [1.82, 2.24) is 0 Å². The predicted molar refractivity (Wildman–Crippen MR) is 10.2 cm³/mol. The maximum atomic E-state index is 6.92. The number of hydrogen-bond donors (Lipinski definition) is 0. The Labute approximate surface area is 51.8 Å². The first-order valence-corrected chi connectivity index (χ1v) is 0.775. The molecule has 0 aromatic carbocycles. The Kier molecular flexibility index (Phi) is 1090. The van der Waals surface area contributed by atoms with Crippen molar-refractivity contribution in [1.29, 1.82) is 4.89 Å². The van der Waals surface area contributed by atoms with Gasteiger partial charge in [-0.25, -0.2) is 0 Å². The first-order chi connectivity index (χ1) is 1.00. The van der Waals surface area contributed by atoms with Crippen LogP contribution in [0.25, 0.3) is 0 Å². The van der Waals surface area contributed by atoms with Gasteiger partial charge in [0.2, 0.25) is 0 Å². The van der Waals surface area contributed by atoms with Crippen LogP contribution in [-0.4, -0.2) is 9.88 Å². The topological polar surface area (TPSA) is 80.8 Å². The monoisotopic (exact) mass is 255 g/mol. The molecule has 5 heteroatoms. The van der Waals surface area contributed by atoms with Crippen molar-refractivity contribution in [3.8, 4) is 0 Å². The third-order valence-electron chi connectivity index (χ3n) is 0. The summed E-state index contributed by atoms with van der Waals surface area (Å²) in [4.78, 5) is 6.92. The van der Waals surface area contributed by atoms with Gasteiger partial charge in [0.05, 0.1) is 0 Å². The largest absolute Gasteiger partial charge is 4.00 e. The van der Waals surface area contributed by atoms with Gasteiger partial charge in [0.15, 0.2) is 9.88 Å². The van der Waals surface area contributed by atoms with Crippen LogP contribution in [0.1, 0.15) is 0 Å². The van der Waals surface area contributed by atoms with Gasteiger partial charge in [-0.1, -0.05) is 0 Å². The second-order valence-corrected chi connectivity index (χ2v) is 0. The molecule has 0 bridgehead atoms.